The Bertz CT molecular complexity index is 1000. The summed E-state index contributed by atoms with van der Waals surface area (Å²) in [5.74, 6) is 0.420. The molecule has 0 bridgehead atoms. The predicted octanol–water partition coefficient (Wildman–Crippen LogP) is 2.59. The number of amides is 2. The first-order valence-corrected chi connectivity index (χ1v) is 8.67. The van der Waals surface area contributed by atoms with Crippen LogP contribution in [-0.4, -0.2) is 37.9 Å². The van der Waals surface area contributed by atoms with E-state index in [1.807, 2.05) is 43.3 Å². The summed E-state index contributed by atoms with van der Waals surface area (Å²) in [6, 6.07) is 11.4. The van der Waals surface area contributed by atoms with Crippen molar-refractivity contribution < 1.29 is 9.59 Å². The van der Waals surface area contributed by atoms with Crippen LogP contribution in [0.15, 0.2) is 65.8 Å². The molecule has 1 unspecified atom stereocenters. The van der Waals surface area contributed by atoms with E-state index in [0.717, 1.165) is 11.4 Å². The molecule has 2 amide bonds. The summed E-state index contributed by atoms with van der Waals surface area (Å²) >= 11 is 0. The van der Waals surface area contributed by atoms with Gasteiger partial charge in [-0.25, -0.2) is 4.68 Å². The van der Waals surface area contributed by atoms with Crippen LogP contribution < -0.4 is 5.32 Å². The number of nitrogens with zero attached hydrogens (tertiary/aromatic N) is 4. The van der Waals surface area contributed by atoms with Crippen molar-refractivity contribution in [1.82, 2.24) is 14.7 Å². The normalized spacial score (nSPS) is 21.0. The molecule has 27 heavy (non-hydrogen) atoms. The summed E-state index contributed by atoms with van der Waals surface area (Å²) in [5.41, 5.74) is 0.547. The zero-order chi connectivity index (χ0) is 19.0. The van der Waals surface area contributed by atoms with E-state index in [1.54, 1.807) is 40.9 Å². The van der Waals surface area contributed by atoms with Gasteiger partial charge in [0.1, 0.15) is 17.2 Å². The lowest BCUT2D eigenvalue weighted by Gasteiger charge is -2.41. The molecule has 136 valence electrons. The number of para-hydroxylation sites is 1. The summed E-state index contributed by atoms with van der Waals surface area (Å²) in [4.78, 5) is 31.1. The molecule has 0 saturated carbocycles. The summed E-state index contributed by atoms with van der Waals surface area (Å²) < 4.78 is 1.68. The van der Waals surface area contributed by atoms with Crippen LogP contribution in [0, 0.1) is 6.92 Å². The molecule has 1 N–H and O–H groups in total. The summed E-state index contributed by atoms with van der Waals surface area (Å²) in [7, 11) is 0. The van der Waals surface area contributed by atoms with Crippen LogP contribution in [0.4, 0.5) is 5.82 Å². The lowest BCUT2D eigenvalue weighted by Crippen LogP contribution is -2.58. The van der Waals surface area contributed by atoms with E-state index < -0.39 is 5.54 Å². The molecule has 1 aromatic carbocycles. The van der Waals surface area contributed by atoms with Gasteiger partial charge in [0.2, 0.25) is 0 Å². The van der Waals surface area contributed by atoms with Gasteiger partial charge in [-0.15, -0.1) is 0 Å². The second kappa shape index (κ2) is 6.35. The lowest BCUT2D eigenvalue weighted by atomic mass is 9.91. The number of carbonyl (C=O) groups is 2. The fraction of sp³-hybridized carbons (Fsp3) is 0.200. The van der Waals surface area contributed by atoms with Gasteiger partial charge in [-0.1, -0.05) is 24.3 Å². The number of aromatic nitrogens is 2. The molecule has 0 radical (unpaired) electrons. The van der Waals surface area contributed by atoms with E-state index in [2.05, 4.69) is 15.4 Å². The van der Waals surface area contributed by atoms with Crippen LogP contribution >= 0.6 is 0 Å². The van der Waals surface area contributed by atoms with Crippen molar-refractivity contribution in [1.29, 1.82) is 0 Å². The van der Waals surface area contributed by atoms with Gasteiger partial charge >= 0.3 is 0 Å². The number of aryl methyl sites for hydroxylation is 1. The molecule has 4 rings (SSSR count). The third-order valence-corrected chi connectivity index (χ3v) is 4.67. The molecule has 0 saturated heterocycles. The standard InChI is InChI=1S/C20H19N5O2/c1-14-12-17(25(23-14)15-8-4-3-5-9-15)22-19(27)20(2)13-18(26)21-16-10-6-7-11-24(16)20/h3-12H,13H2,1-2H3,(H,22,27). The topological polar surface area (TPSA) is 79.6 Å². The Labute approximate surface area is 156 Å². The van der Waals surface area contributed by atoms with Crippen LogP contribution in [-0.2, 0) is 9.59 Å². The van der Waals surface area contributed by atoms with Crippen LogP contribution in [0.25, 0.3) is 5.69 Å². The number of allylic oxidation sites excluding steroid dienone is 2. The molecule has 1 atom stereocenters. The number of amidine groups is 1. The van der Waals surface area contributed by atoms with Crippen LogP contribution in [0.2, 0.25) is 0 Å². The van der Waals surface area contributed by atoms with Crippen molar-refractivity contribution in [2.24, 2.45) is 4.99 Å². The summed E-state index contributed by atoms with van der Waals surface area (Å²) in [5, 5.41) is 7.42. The molecule has 2 aromatic rings. The van der Waals surface area contributed by atoms with Crippen molar-refractivity contribution in [3.63, 3.8) is 0 Å². The molecule has 1 aromatic heterocycles. The van der Waals surface area contributed by atoms with Gasteiger partial charge in [-0.2, -0.15) is 10.1 Å². The van der Waals surface area contributed by atoms with E-state index in [-0.39, 0.29) is 18.2 Å². The zero-order valence-corrected chi connectivity index (χ0v) is 15.1. The van der Waals surface area contributed by atoms with Gasteiger partial charge in [-0.3, -0.25) is 9.59 Å². The van der Waals surface area contributed by atoms with Gasteiger partial charge < -0.3 is 10.2 Å². The largest absolute Gasteiger partial charge is 0.317 e. The number of anilines is 1. The maximum absolute atomic E-state index is 13.2. The van der Waals surface area contributed by atoms with E-state index in [4.69, 9.17) is 0 Å². The number of aliphatic imine (C=N–C) groups is 1. The predicted molar refractivity (Wildman–Crippen MR) is 103 cm³/mol. The van der Waals surface area contributed by atoms with Crippen LogP contribution in [0.5, 0.6) is 0 Å². The fourth-order valence-electron chi connectivity index (χ4n) is 3.28. The van der Waals surface area contributed by atoms with Crippen molar-refractivity contribution >= 4 is 23.5 Å². The molecular weight excluding hydrogens is 342 g/mol. The molecule has 2 aliphatic rings. The molecule has 7 heteroatoms. The summed E-state index contributed by atoms with van der Waals surface area (Å²) in [6.07, 6.45) is 7.10. The fourth-order valence-corrected chi connectivity index (χ4v) is 3.28. The highest BCUT2D eigenvalue weighted by molar-refractivity contribution is 6.11. The minimum Gasteiger partial charge on any atom is -0.317 e. The Morgan fingerprint density at radius 2 is 2.00 bits per heavy atom. The van der Waals surface area contributed by atoms with E-state index in [1.165, 1.54) is 0 Å². The smallest absolute Gasteiger partial charge is 0.252 e. The molecule has 0 fully saturated rings. The third-order valence-electron chi connectivity index (χ3n) is 4.67. The highest BCUT2D eigenvalue weighted by Gasteiger charge is 2.45. The number of hydrogen-bond donors (Lipinski definition) is 1. The average molecular weight is 361 g/mol. The van der Waals surface area contributed by atoms with Crippen molar-refractivity contribution in [2.75, 3.05) is 5.32 Å². The Morgan fingerprint density at radius 3 is 2.78 bits per heavy atom. The average Bonchev–Trinajstić information content (AvgIpc) is 3.02. The molecule has 0 spiro atoms. The quantitative estimate of drug-likeness (QED) is 0.911. The first-order valence-electron chi connectivity index (χ1n) is 8.67. The summed E-state index contributed by atoms with van der Waals surface area (Å²) in [6.45, 7) is 3.61. The van der Waals surface area contributed by atoms with Crippen molar-refractivity contribution in [3.8, 4) is 5.69 Å². The number of fused-ring (bicyclic) bond motifs is 1. The molecule has 3 heterocycles. The maximum Gasteiger partial charge on any atom is 0.252 e. The molecule has 0 aliphatic carbocycles. The Hall–Kier alpha value is -3.48. The Kier molecular flexibility index (Phi) is 3.99. The van der Waals surface area contributed by atoms with Gasteiger partial charge in [0.15, 0.2) is 0 Å². The van der Waals surface area contributed by atoms with Gasteiger partial charge in [0, 0.05) is 12.3 Å². The maximum atomic E-state index is 13.2. The van der Waals surface area contributed by atoms with Gasteiger partial charge in [0.05, 0.1) is 17.8 Å². The minimum absolute atomic E-state index is 0.00102. The number of benzene rings is 1. The van der Waals surface area contributed by atoms with Crippen LogP contribution in [0.1, 0.15) is 19.0 Å². The van der Waals surface area contributed by atoms with Crippen molar-refractivity contribution in [2.45, 2.75) is 25.8 Å². The Balaban J connectivity index is 1.67. The molecule has 2 aliphatic heterocycles. The number of carbonyl (C=O) groups excluding carboxylic acids is 2. The zero-order valence-electron chi connectivity index (χ0n) is 15.1. The molecular formula is C20H19N5O2. The van der Waals surface area contributed by atoms with E-state index >= 15 is 0 Å². The first kappa shape index (κ1) is 17.0. The highest BCUT2D eigenvalue weighted by atomic mass is 16.2. The van der Waals surface area contributed by atoms with Gasteiger partial charge in [0.25, 0.3) is 11.8 Å². The van der Waals surface area contributed by atoms with Crippen LogP contribution in [0.3, 0.4) is 0 Å². The second-order valence-electron chi connectivity index (χ2n) is 6.76. The number of nitrogens with one attached hydrogen (secondary N) is 1. The lowest BCUT2D eigenvalue weighted by molar-refractivity contribution is -0.130. The highest BCUT2D eigenvalue weighted by Crippen LogP contribution is 2.29. The monoisotopic (exact) mass is 361 g/mol. The first-order chi connectivity index (χ1) is 13.0. The molecule has 7 nitrogen and oxygen atoms in total. The third kappa shape index (κ3) is 2.97. The number of hydrogen-bond acceptors (Lipinski definition) is 4. The van der Waals surface area contributed by atoms with E-state index in [0.29, 0.717) is 11.7 Å². The van der Waals surface area contributed by atoms with Gasteiger partial charge in [-0.05, 0) is 38.1 Å². The van der Waals surface area contributed by atoms with E-state index in [9.17, 15) is 9.59 Å². The minimum atomic E-state index is -1.07. The van der Waals surface area contributed by atoms with Crippen molar-refractivity contribution in [3.05, 3.63) is 66.5 Å². The Morgan fingerprint density at radius 1 is 1.22 bits per heavy atom. The number of rotatable bonds is 3. The second-order valence-corrected chi connectivity index (χ2v) is 6.76. The SMILES string of the molecule is Cc1cc(NC(=O)C2(C)CC(=O)N=C3C=CC=CN32)n(-c2ccccc2)n1.